The van der Waals surface area contributed by atoms with Gasteiger partial charge in [-0.2, -0.15) is 0 Å². The van der Waals surface area contributed by atoms with Crippen LogP contribution in [0.3, 0.4) is 0 Å². The summed E-state index contributed by atoms with van der Waals surface area (Å²) in [6.07, 6.45) is 2.88. The van der Waals surface area contributed by atoms with Gasteiger partial charge in [0.15, 0.2) is 0 Å². The molecule has 1 N–H and O–H groups in total. The topological polar surface area (TPSA) is 86.8 Å². The second kappa shape index (κ2) is 12.7. The Bertz CT molecular complexity index is 1100. The predicted molar refractivity (Wildman–Crippen MR) is 142 cm³/mol. The van der Waals surface area contributed by atoms with Crippen LogP contribution < -0.4 is 9.62 Å². The fourth-order valence-electron chi connectivity index (χ4n) is 3.73. The van der Waals surface area contributed by atoms with E-state index in [1.165, 1.54) is 4.90 Å². The van der Waals surface area contributed by atoms with E-state index in [1.54, 1.807) is 19.1 Å². The quantitative estimate of drug-likeness (QED) is 0.441. The minimum Gasteiger partial charge on any atom is -0.354 e. The van der Waals surface area contributed by atoms with Crippen LogP contribution in [-0.4, -0.2) is 50.5 Å². The largest absolute Gasteiger partial charge is 0.354 e. The number of carbonyl (C=O) groups is 2. The molecule has 0 saturated carbocycles. The van der Waals surface area contributed by atoms with Crippen molar-refractivity contribution in [3.8, 4) is 0 Å². The molecule has 2 aromatic rings. The van der Waals surface area contributed by atoms with Crippen molar-refractivity contribution in [3.63, 3.8) is 0 Å². The van der Waals surface area contributed by atoms with E-state index in [0.717, 1.165) is 40.1 Å². The minimum atomic E-state index is -3.74. The number of nitrogens with one attached hydrogen (secondary N) is 1. The molecule has 0 radical (unpaired) electrons. The number of hydrogen-bond acceptors (Lipinski definition) is 4. The van der Waals surface area contributed by atoms with Crippen molar-refractivity contribution in [1.29, 1.82) is 0 Å². The van der Waals surface area contributed by atoms with Crippen molar-refractivity contribution >= 4 is 27.5 Å². The highest BCUT2D eigenvalue weighted by Gasteiger charge is 2.30. The van der Waals surface area contributed by atoms with Crippen LogP contribution in [0.4, 0.5) is 5.69 Å². The van der Waals surface area contributed by atoms with E-state index in [2.05, 4.69) is 19.2 Å². The average Bonchev–Trinajstić information content (AvgIpc) is 2.81. The Morgan fingerprint density at radius 3 is 2.17 bits per heavy atom. The van der Waals surface area contributed by atoms with Crippen molar-refractivity contribution in [2.45, 2.75) is 66.0 Å². The number of unbranched alkanes of at least 4 members (excludes halogenated alkanes) is 1. The Labute approximate surface area is 210 Å². The predicted octanol–water partition coefficient (Wildman–Crippen LogP) is 4.22. The maximum absolute atomic E-state index is 13.6. The maximum atomic E-state index is 13.6. The number of aryl methyl sites for hydroxylation is 1. The molecule has 0 aliphatic rings. The lowest BCUT2D eigenvalue weighted by Gasteiger charge is -2.32. The normalized spacial score (nSPS) is 12.3. The molecule has 0 fully saturated rings. The summed E-state index contributed by atoms with van der Waals surface area (Å²) >= 11 is 0. The molecule has 7 nitrogen and oxygen atoms in total. The Morgan fingerprint density at radius 1 is 1.00 bits per heavy atom. The molecule has 0 aliphatic carbocycles. The first-order valence-electron chi connectivity index (χ1n) is 12.1. The summed E-state index contributed by atoms with van der Waals surface area (Å²) in [6, 6.07) is 14.1. The van der Waals surface area contributed by atoms with E-state index < -0.39 is 28.5 Å². The number of amides is 2. The van der Waals surface area contributed by atoms with E-state index in [9.17, 15) is 18.0 Å². The van der Waals surface area contributed by atoms with Gasteiger partial charge in [0, 0.05) is 13.1 Å². The van der Waals surface area contributed by atoms with Crippen molar-refractivity contribution in [3.05, 3.63) is 65.2 Å². The third-order valence-corrected chi connectivity index (χ3v) is 7.27. The summed E-state index contributed by atoms with van der Waals surface area (Å²) in [4.78, 5) is 27.9. The molecular formula is C27H39N3O4S. The van der Waals surface area contributed by atoms with E-state index in [-0.39, 0.29) is 12.5 Å². The molecule has 0 saturated heterocycles. The van der Waals surface area contributed by atoms with Crippen LogP contribution in [-0.2, 0) is 26.2 Å². The van der Waals surface area contributed by atoms with Crippen LogP contribution >= 0.6 is 0 Å². The summed E-state index contributed by atoms with van der Waals surface area (Å²) in [7, 11) is -3.74. The molecule has 35 heavy (non-hydrogen) atoms. The zero-order chi connectivity index (χ0) is 26.2. The standard InChI is InChI=1S/C27H39N3O4S/c1-7-8-17-28-27(32)22(5)29(18-24-12-10-9-11-21(24)4)26(31)19-30(35(6,33)34)25-15-13-23(14-16-25)20(2)3/h9-16,20,22H,7-8,17-19H2,1-6H3,(H,28,32)/t22-/m1/s1. The lowest BCUT2D eigenvalue weighted by Crippen LogP contribution is -2.51. The van der Waals surface area contributed by atoms with Gasteiger partial charge in [-0.1, -0.05) is 63.6 Å². The van der Waals surface area contributed by atoms with Gasteiger partial charge in [-0.25, -0.2) is 8.42 Å². The average molecular weight is 502 g/mol. The molecule has 0 aromatic heterocycles. The zero-order valence-corrected chi connectivity index (χ0v) is 22.6. The van der Waals surface area contributed by atoms with Crippen LogP contribution in [0.1, 0.15) is 63.1 Å². The van der Waals surface area contributed by atoms with Crippen LogP contribution in [0.2, 0.25) is 0 Å². The van der Waals surface area contributed by atoms with Gasteiger partial charge >= 0.3 is 0 Å². The van der Waals surface area contributed by atoms with Crippen LogP contribution in [0.15, 0.2) is 48.5 Å². The van der Waals surface area contributed by atoms with Gasteiger partial charge in [-0.05, 0) is 55.0 Å². The molecule has 0 bridgehead atoms. The molecule has 1 atom stereocenters. The summed E-state index contributed by atoms with van der Waals surface area (Å²) in [6.45, 7) is 10.1. The Hall–Kier alpha value is -2.87. The third-order valence-electron chi connectivity index (χ3n) is 6.13. The lowest BCUT2D eigenvalue weighted by molar-refractivity contribution is -0.139. The lowest BCUT2D eigenvalue weighted by atomic mass is 10.0. The summed E-state index contributed by atoms with van der Waals surface area (Å²) in [5.74, 6) is -0.397. The monoisotopic (exact) mass is 501 g/mol. The van der Waals surface area contributed by atoms with Crippen LogP contribution in [0.25, 0.3) is 0 Å². The van der Waals surface area contributed by atoms with Crippen molar-refractivity contribution in [2.75, 3.05) is 23.7 Å². The Kier molecular flexibility index (Phi) is 10.3. The fourth-order valence-corrected chi connectivity index (χ4v) is 4.58. The van der Waals surface area contributed by atoms with Crippen molar-refractivity contribution < 1.29 is 18.0 Å². The van der Waals surface area contributed by atoms with Gasteiger partial charge in [0.25, 0.3) is 0 Å². The van der Waals surface area contributed by atoms with Gasteiger partial charge in [0.2, 0.25) is 21.8 Å². The van der Waals surface area contributed by atoms with E-state index in [0.29, 0.717) is 18.2 Å². The molecule has 0 unspecified atom stereocenters. The number of anilines is 1. The van der Waals surface area contributed by atoms with Crippen molar-refractivity contribution in [1.82, 2.24) is 10.2 Å². The highest BCUT2D eigenvalue weighted by atomic mass is 32.2. The molecule has 2 amide bonds. The second-order valence-corrected chi connectivity index (χ2v) is 11.2. The smallest absolute Gasteiger partial charge is 0.244 e. The van der Waals surface area contributed by atoms with Gasteiger partial charge in [-0.3, -0.25) is 13.9 Å². The summed E-state index contributed by atoms with van der Waals surface area (Å²) in [5.41, 5.74) is 3.39. The highest BCUT2D eigenvalue weighted by Crippen LogP contribution is 2.23. The first kappa shape index (κ1) is 28.4. The number of carbonyl (C=O) groups excluding carboxylic acids is 2. The number of benzene rings is 2. The maximum Gasteiger partial charge on any atom is 0.244 e. The molecule has 0 heterocycles. The van der Waals surface area contributed by atoms with Gasteiger partial charge in [0.05, 0.1) is 11.9 Å². The van der Waals surface area contributed by atoms with Gasteiger partial charge in [-0.15, -0.1) is 0 Å². The zero-order valence-electron chi connectivity index (χ0n) is 21.7. The highest BCUT2D eigenvalue weighted by molar-refractivity contribution is 7.92. The molecule has 192 valence electrons. The number of nitrogens with zero attached hydrogens (tertiary/aromatic N) is 2. The van der Waals surface area contributed by atoms with Gasteiger partial charge < -0.3 is 10.2 Å². The van der Waals surface area contributed by atoms with Gasteiger partial charge in [0.1, 0.15) is 12.6 Å². The summed E-state index contributed by atoms with van der Waals surface area (Å²) in [5, 5.41) is 2.89. The Balaban J connectivity index is 2.36. The fraction of sp³-hybridized carbons (Fsp3) is 0.481. The molecule has 8 heteroatoms. The number of sulfonamides is 1. The molecule has 0 spiro atoms. The molecule has 2 rings (SSSR count). The van der Waals surface area contributed by atoms with Crippen LogP contribution in [0, 0.1) is 6.92 Å². The number of rotatable bonds is 12. The van der Waals surface area contributed by atoms with Crippen molar-refractivity contribution in [2.24, 2.45) is 0 Å². The third kappa shape index (κ3) is 8.09. The van der Waals surface area contributed by atoms with E-state index >= 15 is 0 Å². The Morgan fingerprint density at radius 2 is 1.63 bits per heavy atom. The molecule has 2 aromatic carbocycles. The molecular weight excluding hydrogens is 462 g/mol. The molecule has 0 aliphatic heterocycles. The second-order valence-electron chi connectivity index (χ2n) is 9.28. The minimum absolute atomic E-state index is 0.206. The van der Waals surface area contributed by atoms with E-state index in [4.69, 9.17) is 0 Å². The first-order chi connectivity index (χ1) is 16.5. The summed E-state index contributed by atoms with van der Waals surface area (Å²) < 4.78 is 26.5. The van der Waals surface area contributed by atoms with Crippen LogP contribution in [0.5, 0.6) is 0 Å². The van der Waals surface area contributed by atoms with E-state index in [1.807, 2.05) is 50.2 Å². The SMILES string of the molecule is CCCCNC(=O)[C@@H](C)N(Cc1ccccc1C)C(=O)CN(c1ccc(C(C)C)cc1)S(C)(=O)=O. The number of hydrogen-bond donors (Lipinski definition) is 1. The first-order valence-corrected chi connectivity index (χ1v) is 14.0.